The summed E-state index contributed by atoms with van der Waals surface area (Å²) in [5.74, 6) is -0.139. The maximum Gasteiger partial charge on any atom is 0.328 e. The molecule has 0 spiro atoms. The van der Waals surface area contributed by atoms with E-state index in [9.17, 15) is 9.59 Å². The number of hydrogen-bond donors (Lipinski definition) is 2. The Kier molecular flexibility index (Phi) is 2.15. The minimum absolute atomic E-state index is 0.135. The quantitative estimate of drug-likeness (QED) is 0.722. The second kappa shape index (κ2) is 3.69. The predicted octanol–water partition coefficient (Wildman–Crippen LogP) is -0.242. The molecule has 92 valence electrons. The Bertz CT molecular complexity index is 649. The number of nitrogens with one attached hydrogen (secondary N) is 1. The molecule has 1 saturated heterocycles. The average Bonchev–Trinajstić information content (AvgIpc) is 2.69. The van der Waals surface area contributed by atoms with Gasteiger partial charge in [-0.25, -0.2) is 9.31 Å². The highest BCUT2D eigenvalue weighted by Crippen LogP contribution is 2.22. The van der Waals surface area contributed by atoms with E-state index in [1.807, 2.05) is 0 Å². The Hall–Kier alpha value is -2.64. The molecule has 0 unspecified atom stereocenters. The van der Waals surface area contributed by atoms with E-state index in [0.29, 0.717) is 17.9 Å². The van der Waals surface area contributed by atoms with Crippen molar-refractivity contribution in [3.05, 3.63) is 18.3 Å². The minimum atomic E-state index is -0.457. The third-order valence-corrected chi connectivity index (χ3v) is 2.70. The number of anilines is 2. The van der Waals surface area contributed by atoms with Crippen LogP contribution in [-0.2, 0) is 4.79 Å². The smallest absolute Gasteiger partial charge is 0.328 e. The first-order valence-corrected chi connectivity index (χ1v) is 5.37. The van der Waals surface area contributed by atoms with Crippen LogP contribution in [0.2, 0.25) is 0 Å². The van der Waals surface area contributed by atoms with Gasteiger partial charge in [0.2, 0.25) is 11.9 Å². The molecule has 3 heterocycles. The van der Waals surface area contributed by atoms with E-state index in [2.05, 4.69) is 15.4 Å². The predicted molar refractivity (Wildman–Crippen MR) is 62.9 cm³/mol. The van der Waals surface area contributed by atoms with Crippen molar-refractivity contribution >= 4 is 29.2 Å². The second-order valence-electron chi connectivity index (χ2n) is 3.89. The van der Waals surface area contributed by atoms with Crippen LogP contribution in [0.25, 0.3) is 5.65 Å². The maximum atomic E-state index is 11.8. The molecule has 1 aliphatic rings. The summed E-state index contributed by atoms with van der Waals surface area (Å²) in [6, 6.07) is 3.01. The van der Waals surface area contributed by atoms with Crippen LogP contribution in [0.15, 0.2) is 18.3 Å². The van der Waals surface area contributed by atoms with Crippen LogP contribution in [0.3, 0.4) is 0 Å². The van der Waals surface area contributed by atoms with Gasteiger partial charge >= 0.3 is 6.03 Å². The van der Waals surface area contributed by atoms with E-state index in [1.165, 1.54) is 9.42 Å². The van der Waals surface area contributed by atoms with E-state index in [-0.39, 0.29) is 18.3 Å². The summed E-state index contributed by atoms with van der Waals surface area (Å²) in [5, 5.41) is 6.23. The van der Waals surface area contributed by atoms with Gasteiger partial charge in [0.1, 0.15) is 0 Å². The normalized spacial score (nSPS) is 16.1. The van der Waals surface area contributed by atoms with Crippen molar-refractivity contribution in [3.8, 4) is 0 Å². The molecule has 0 saturated carbocycles. The largest absolute Gasteiger partial charge is 0.366 e. The van der Waals surface area contributed by atoms with Crippen molar-refractivity contribution < 1.29 is 9.59 Å². The van der Waals surface area contributed by atoms with Gasteiger partial charge in [0.25, 0.3) is 0 Å². The molecule has 3 amide bonds. The van der Waals surface area contributed by atoms with Gasteiger partial charge in [-0.3, -0.25) is 15.0 Å². The third kappa shape index (κ3) is 1.54. The lowest BCUT2D eigenvalue weighted by molar-refractivity contribution is -0.120. The SMILES string of the molecule is Nc1nc2c(N3CCC(=O)NC3=O)cccn2n1. The molecule has 3 rings (SSSR count). The zero-order valence-electron chi connectivity index (χ0n) is 9.33. The molecular weight excluding hydrogens is 236 g/mol. The first-order chi connectivity index (χ1) is 8.65. The Morgan fingerprint density at radius 2 is 2.22 bits per heavy atom. The van der Waals surface area contributed by atoms with Gasteiger partial charge in [-0.2, -0.15) is 4.98 Å². The van der Waals surface area contributed by atoms with Crippen molar-refractivity contribution in [1.29, 1.82) is 0 Å². The fraction of sp³-hybridized carbons (Fsp3) is 0.200. The van der Waals surface area contributed by atoms with E-state index in [0.717, 1.165) is 0 Å². The zero-order valence-corrected chi connectivity index (χ0v) is 9.33. The first kappa shape index (κ1) is 10.5. The summed E-state index contributed by atoms with van der Waals surface area (Å²) in [6.07, 6.45) is 1.95. The van der Waals surface area contributed by atoms with Crippen LogP contribution in [0.5, 0.6) is 0 Å². The minimum Gasteiger partial charge on any atom is -0.366 e. The number of urea groups is 1. The van der Waals surface area contributed by atoms with Gasteiger partial charge in [0.05, 0.1) is 5.69 Å². The highest BCUT2D eigenvalue weighted by molar-refractivity contribution is 6.07. The van der Waals surface area contributed by atoms with Crippen molar-refractivity contribution in [1.82, 2.24) is 19.9 Å². The van der Waals surface area contributed by atoms with Gasteiger partial charge in [-0.15, -0.1) is 5.10 Å². The highest BCUT2D eigenvalue weighted by Gasteiger charge is 2.26. The summed E-state index contributed by atoms with van der Waals surface area (Å²) < 4.78 is 1.49. The average molecular weight is 246 g/mol. The lowest BCUT2D eigenvalue weighted by atomic mass is 10.2. The summed E-state index contributed by atoms with van der Waals surface area (Å²) >= 11 is 0. The molecule has 0 radical (unpaired) electrons. The molecule has 3 N–H and O–H groups in total. The molecule has 0 aromatic carbocycles. The number of nitrogens with zero attached hydrogens (tertiary/aromatic N) is 4. The van der Waals surface area contributed by atoms with Crippen LogP contribution in [-0.4, -0.2) is 33.1 Å². The van der Waals surface area contributed by atoms with Crippen LogP contribution in [0.1, 0.15) is 6.42 Å². The van der Waals surface area contributed by atoms with E-state index < -0.39 is 6.03 Å². The molecule has 2 aromatic rings. The van der Waals surface area contributed by atoms with Crippen molar-refractivity contribution in [2.24, 2.45) is 0 Å². The molecule has 2 aromatic heterocycles. The first-order valence-electron chi connectivity index (χ1n) is 5.37. The zero-order chi connectivity index (χ0) is 12.7. The Morgan fingerprint density at radius 3 is 3.00 bits per heavy atom. The summed E-state index contributed by atoms with van der Waals surface area (Å²) in [7, 11) is 0. The number of rotatable bonds is 1. The number of pyridine rings is 1. The number of nitrogens with two attached hydrogens (primary N) is 1. The number of carbonyl (C=O) groups is 2. The van der Waals surface area contributed by atoms with Crippen LogP contribution < -0.4 is 16.0 Å². The molecule has 8 heteroatoms. The fourth-order valence-electron chi connectivity index (χ4n) is 1.91. The number of aromatic nitrogens is 3. The van der Waals surface area contributed by atoms with Crippen molar-refractivity contribution in [3.63, 3.8) is 0 Å². The number of imide groups is 1. The molecule has 8 nitrogen and oxygen atoms in total. The van der Waals surface area contributed by atoms with Crippen LogP contribution in [0, 0.1) is 0 Å². The van der Waals surface area contributed by atoms with Crippen molar-refractivity contribution in [2.75, 3.05) is 17.2 Å². The van der Waals surface area contributed by atoms with Crippen LogP contribution in [0.4, 0.5) is 16.4 Å². The number of fused-ring (bicyclic) bond motifs is 1. The molecule has 1 aliphatic heterocycles. The van der Waals surface area contributed by atoms with E-state index >= 15 is 0 Å². The van der Waals surface area contributed by atoms with Crippen molar-refractivity contribution in [2.45, 2.75) is 6.42 Å². The van der Waals surface area contributed by atoms with Gasteiger partial charge in [-0.05, 0) is 12.1 Å². The topological polar surface area (TPSA) is 106 Å². The van der Waals surface area contributed by atoms with Gasteiger partial charge < -0.3 is 5.73 Å². The summed E-state index contributed by atoms with van der Waals surface area (Å²) in [6.45, 7) is 0.317. The lowest BCUT2D eigenvalue weighted by Crippen LogP contribution is -2.49. The molecule has 18 heavy (non-hydrogen) atoms. The Balaban J connectivity index is 2.08. The molecular formula is C10H10N6O2. The molecule has 0 aliphatic carbocycles. The maximum absolute atomic E-state index is 11.8. The summed E-state index contributed by atoms with van der Waals surface area (Å²) in [5.41, 5.74) is 6.59. The molecule has 1 fully saturated rings. The number of amides is 3. The standard InChI is InChI=1S/C10H10N6O2/c11-9-13-8-6(2-1-4-16(8)14-9)15-5-3-7(17)12-10(15)18/h1-2,4H,3,5H2,(H2,11,14)(H,12,17,18). The monoisotopic (exact) mass is 246 g/mol. The van der Waals surface area contributed by atoms with Crippen LogP contribution >= 0.6 is 0 Å². The van der Waals surface area contributed by atoms with Gasteiger partial charge in [0, 0.05) is 19.2 Å². The second-order valence-corrected chi connectivity index (χ2v) is 3.89. The molecule has 0 bridgehead atoms. The van der Waals surface area contributed by atoms with E-state index in [4.69, 9.17) is 5.73 Å². The third-order valence-electron chi connectivity index (χ3n) is 2.70. The molecule has 0 atom stereocenters. The van der Waals surface area contributed by atoms with E-state index in [1.54, 1.807) is 18.3 Å². The lowest BCUT2D eigenvalue weighted by Gasteiger charge is -2.26. The number of nitrogen functional groups attached to an aromatic ring is 1. The number of carbonyl (C=O) groups excluding carboxylic acids is 2. The number of hydrogen-bond acceptors (Lipinski definition) is 5. The highest BCUT2D eigenvalue weighted by atomic mass is 16.2. The van der Waals surface area contributed by atoms with Gasteiger partial charge in [0.15, 0.2) is 5.65 Å². The fourth-order valence-corrected chi connectivity index (χ4v) is 1.91. The van der Waals surface area contributed by atoms with Gasteiger partial charge in [-0.1, -0.05) is 0 Å². The summed E-state index contributed by atoms with van der Waals surface area (Å²) in [4.78, 5) is 28.4. The Morgan fingerprint density at radius 1 is 1.39 bits per heavy atom. The Labute approximate surface area is 101 Å².